The lowest BCUT2D eigenvalue weighted by molar-refractivity contribution is -0.0128. The Balaban J connectivity index is 1.45. The molecule has 25 heavy (non-hydrogen) atoms. The Morgan fingerprint density at radius 1 is 1.04 bits per heavy atom. The first kappa shape index (κ1) is 16.8. The van der Waals surface area contributed by atoms with Crippen molar-refractivity contribution in [2.75, 3.05) is 0 Å². The number of carbonyl (C=O) groups is 1. The number of nitrogens with one attached hydrogen (secondary N) is 1. The molecule has 4 bridgehead atoms. The first-order valence-electron chi connectivity index (χ1n) is 9.90. The molecule has 0 spiro atoms. The average Bonchev–Trinajstić information content (AvgIpc) is 2.58. The Kier molecular flexibility index (Phi) is 4.21. The van der Waals surface area contributed by atoms with E-state index in [9.17, 15) is 4.79 Å². The van der Waals surface area contributed by atoms with Gasteiger partial charge in [0.25, 0.3) is 5.91 Å². The van der Waals surface area contributed by atoms with Gasteiger partial charge in [-0.25, -0.2) is 5.43 Å². The van der Waals surface area contributed by atoms with Crippen LogP contribution in [0.15, 0.2) is 29.4 Å². The van der Waals surface area contributed by atoms with Crippen molar-refractivity contribution in [3.63, 3.8) is 0 Å². The quantitative estimate of drug-likeness (QED) is 0.600. The van der Waals surface area contributed by atoms with Crippen molar-refractivity contribution < 1.29 is 4.79 Å². The molecule has 0 aromatic heterocycles. The predicted octanol–water partition coefficient (Wildman–Crippen LogP) is 5.13. The summed E-state index contributed by atoms with van der Waals surface area (Å²) in [6.07, 6.45) is 8.15. The van der Waals surface area contributed by atoms with Crippen LogP contribution in [-0.4, -0.2) is 11.6 Å². The summed E-state index contributed by atoms with van der Waals surface area (Å²) < 4.78 is 0. The minimum Gasteiger partial charge on any atom is -0.267 e. The highest BCUT2D eigenvalue weighted by molar-refractivity contribution is 5.96. The maximum absolute atomic E-state index is 12.4. The summed E-state index contributed by atoms with van der Waals surface area (Å²) in [5.74, 6) is 3.08. The van der Waals surface area contributed by atoms with E-state index >= 15 is 0 Å². The minimum atomic E-state index is -0.0978. The molecule has 4 aliphatic rings. The van der Waals surface area contributed by atoms with Crippen LogP contribution in [0.1, 0.15) is 81.1 Å². The van der Waals surface area contributed by atoms with Gasteiger partial charge in [-0.2, -0.15) is 5.10 Å². The van der Waals surface area contributed by atoms with E-state index in [2.05, 4.69) is 31.3 Å². The summed E-state index contributed by atoms with van der Waals surface area (Å²) in [7, 11) is 0. The molecule has 4 fully saturated rings. The first-order valence-corrected chi connectivity index (χ1v) is 9.90. The fraction of sp³-hybridized carbons (Fsp3) is 0.636. The number of hydrogen-bond acceptors (Lipinski definition) is 2. The zero-order valence-electron chi connectivity index (χ0n) is 15.7. The largest absolute Gasteiger partial charge is 0.271 e. The van der Waals surface area contributed by atoms with Crippen molar-refractivity contribution in [3.8, 4) is 0 Å². The number of carbonyl (C=O) groups excluding carboxylic acids is 1. The standard InChI is InChI=1S/C22H30N2O/c1-14(2)19-4-6-20(7-5-19)21(25)24-23-15(3)22-11-16-8-17(12-22)10-18(9-16)13-22/h4-7,14,16-18H,8-13H2,1-3H3,(H,24,25)/b23-15-. The first-order chi connectivity index (χ1) is 11.9. The van der Waals surface area contributed by atoms with E-state index in [0.717, 1.165) is 23.5 Å². The molecule has 0 atom stereocenters. The van der Waals surface area contributed by atoms with Crippen LogP contribution in [0.3, 0.4) is 0 Å². The van der Waals surface area contributed by atoms with E-state index in [1.54, 1.807) is 0 Å². The van der Waals surface area contributed by atoms with Crippen molar-refractivity contribution in [1.82, 2.24) is 5.43 Å². The Morgan fingerprint density at radius 3 is 2.04 bits per heavy atom. The lowest BCUT2D eigenvalue weighted by Gasteiger charge is -2.56. The highest BCUT2D eigenvalue weighted by Crippen LogP contribution is 2.60. The van der Waals surface area contributed by atoms with Crippen LogP contribution in [0.2, 0.25) is 0 Å². The van der Waals surface area contributed by atoms with Crippen molar-refractivity contribution in [3.05, 3.63) is 35.4 Å². The Bertz CT molecular complexity index is 651. The van der Waals surface area contributed by atoms with Crippen molar-refractivity contribution in [2.24, 2.45) is 28.3 Å². The Morgan fingerprint density at radius 2 is 1.56 bits per heavy atom. The van der Waals surface area contributed by atoms with Crippen LogP contribution in [0, 0.1) is 23.2 Å². The average molecular weight is 338 g/mol. The molecule has 0 aliphatic heterocycles. The van der Waals surface area contributed by atoms with Gasteiger partial charge in [-0.3, -0.25) is 4.79 Å². The van der Waals surface area contributed by atoms with E-state index in [1.165, 1.54) is 44.1 Å². The van der Waals surface area contributed by atoms with Crippen LogP contribution in [-0.2, 0) is 0 Å². The van der Waals surface area contributed by atoms with Gasteiger partial charge in [-0.05, 0) is 86.8 Å². The second kappa shape index (κ2) is 6.26. The molecular formula is C22H30N2O. The summed E-state index contributed by atoms with van der Waals surface area (Å²) in [5, 5.41) is 4.57. The Labute approximate surface area is 151 Å². The summed E-state index contributed by atoms with van der Waals surface area (Å²) in [5.41, 5.74) is 6.18. The van der Waals surface area contributed by atoms with Gasteiger partial charge in [0, 0.05) is 16.7 Å². The molecule has 1 aromatic carbocycles. The van der Waals surface area contributed by atoms with Gasteiger partial charge in [0.1, 0.15) is 0 Å². The molecule has 5 rings (SSSR count). The summed E-state index contributed by atoms with van der Waals surface area (Å²) >= 11 is 0. The Hall–Kier alpha value is -1.64. The van der Waals surface area contributed by atoms with Gasteiger partial charge < -0.3 is 0 Å². The molecule has 0 heterocycles. The zero-order valence-corrected chi connectivity index (χ0v) is 15.7. The maximum Gasteiger partial charge on any atom is 0.271 e. The number of hydrazone groups is 1. The second-order valence-corrected chi connectivity index (χ2v) is 9.11. The molecule has 3 heteroatoms. The number of benzene rings is 1. The summed E-state index contributed by atoms with van der Waals surface area (Å²) in [6, 6.07) is 7.88. The summed E-state index contributed by atoms with van der Waals surface area (Å²) in [4.78, 5) is 12.4. The van der Waals surface area contributed by atoms with E-state index in [-0.39, 0.29) is 11.3 Å². The topological polar surface area (TPSA) is 41.5 Å². The molecule has 1 aromatic rings. The van der Waals surface area contributed by atoms with E-state index in [4.69, 9.17) is 0 Å². The molecule has 4 saturated carbocycles. The third kappa shape index (κ3) is 3.14. The van der Waals surface area contributed by atoms with Gasteiger partial charge in [0.05, 0.1) is 0 Å². The number of amides is 1. The normalized spacial score (nSPS) is 33.8. The van der Waals surface area contributed by atoms with Crippen LogP contribution < -0.4 is 5.43 Å². The van der Waals surface area contributed by atoms with Crippen LogP contribution in [0.5, 0.6) is 0 Å². The van der Waals surface area contributed by atoms with Crippen LogP contribution in [0.4, 0.5) is 0 Å². The smallest absolute Gasteiger partial charge is 0.267 e. The molecule has 0 radical (unpaired) electrons. The molecule has 0 saturated heterocycles. The third-order valence-electron chi connectivity index (χ3n) is 6.97. The monoisotopic (exact) mass is 338 g/mol. The van der Waals surface area contributed by atoms with Crippen molar-refractivity contribution in [2.45, 2.75) is 65.2 Å². The predicted molar refractivity (Wildman–Crippen MR) is 102 cm³/mol. The van der Waals surface area contributed by atoms with Gasteiger partial charge >= 0.3 is 0 Å². The van der Waals surface area contributed by atoms with Crippen LogP contribution in [0.25, 0.3) is 0 Å². The number of nitrogens with zero attached hydrogens (tertiary/aromatic N) is 1. The van der Waals surface area contributed by atoms with Gasteiger partial charge in [-0.1, -0.05) is 26.0 Å². The minimum absolute atomic E-state index is 0.0978. The fourth-order valence-electron chi connectivity index (χ4n) is 5.89. The molecule has 4 aliphatic carbocycles. The molecular weight excluding hydrogens is 308 g/mol. The van der Waals surface area contributed by atoms with E-state index in [0.29, 0.717) is 11.5 Å². The molecule has 134 valence electrons. The van der Waals surface area contributed by atoms with Gasteiger partial charge in [-0.15, -0.1) is 0 Å². The van der Waals surface area contributed by atoms with Crippen molar-refractivity contribution in [1.29, 1.82) is 0 Å². The lowest BCUT2D eigenvalue weighted by atomic mass is 9.48. The highest BCUT2D eigenvalue weighted by Gasteiger charge is 2.52. The zero-order chi connectivity index (χ0) is 17.6. The lowest BCUT2D eigenvalue weighted by Crippen LogP contribution is -2.49. The third-order valence-corrected chi connectivity index (χ3v) is 6.97. The van der Waals surface area contributed by atoms with E-state index in [1.807, 2.05) is 24.3 Å². The van der Waals surface area contributed by atoms with Gasteiger partial charge in [0.2, 0.25) is 0 Å². The molecule has 0 unspecified atom stereocenters. The van der Waals surface area contributed by atoms with Gasteiger partial charge in [0.15, 0.2) is 0 Å². The molecule has 3 nitrogen and oxygen atoms in total. The highest BCUT2D eigenvalue weighted by atomic mass is 16.2. The fourth-order valence-corrected chi connectivity index (χ4v) is 5.89. The van der Waals surface area contributed by atoms with Crippen LogP contribution >= 0.6 is 0 Å². The molecule has 1 amide bonds. The number of rotatable bonds is 4. The second-order valence-electron chi connectivity index (χ2n) is 9.11. The SMILES string of the molecule is C/C(=N/NC(=O)c1ccc(C(C)C)cc1)C12CC3CC(CC(C3)C1)C2. The van der Waals surface area contributed by atoms with Crippen molar-refractivity contribution >= 4 is 11.6 Å². The van der Waals surface area contributed by atoms with E-state index < -0.39 is 0 Å². The maximum atomic E-state index is 12.4. The summed E-state index contributed by atoms with van der Waals surface area (Å²) in [6.45, 7) is 6.46. The number of hydrogen-bond donors (Lipinski definition) is 1. The molecule has 1 N–H and O–H groups in total.